The molecular weight excluding hydrogens is 308 g/mol. The first-order valence-corrected chi connectivity index (χ1v) is 7.50. The van der Waals surface area contributed by atoms with Crippen LogP contribution in [0.15, 0.2) is 22.7 Å². The maximum Gasteiger partial charge on any atom is 0.168 e. The van der Waals surface area contributed by atoms with E-state index in [2.05, 4.69) is 36.4 Å². The first-order chi connectivity index (χ1) is 8.67. The Balaban J connectivity index is 2.11. The van der Waals surface area contributed by atoms with E-state index in [1.54, 1.807) is 0 Å². The molecule has 0 aromatic carbocycles. The van der Waals surface area contributed by atoms with Crippen molar-refractivity contribution in [2.45, 2.75) is 58.2 Å². The molecule has 1 N–H and O–H groups in total. The molecule has 0 aromatic heterocycles. The highest BCUT2D eigenvalue weighted by molar-refractivity contribution is 9.11. The molecule has 2 fully saturated rings. The van der Waals surface area contributed by atoms with E-state index in [0.29, 0.717) is 0 Å². The predicted molar refractivity (Wildman–Crippen MR) is 76.8 cm³/mol. The number of rotatable bonds is 1. The van der Waals surface area contributed by atoms with E-state index < -0.39 is 11.7 Å². The molecular formula is C15H21BrO3. The highest BCUT2D eigenvalue weighted by Crippen LogP contribution is 2.72. The number of halogens is 1. The summed E-state index contributed by atoms with van der Waals surface area (Å²) >= 11 is 3.63. The van der Waals surface area contributed by atoms with E-state index in [0.717, 1.165) is 16.5 Å². The van der Waals surface area contributed by atoms with E-state index in [9.17, 15) is 5.11 Å². The van der Waals surface area contributed by atoms with Crippen molar-refractivity contribution in [2.24, 2.45) is 10.8 Å². The topological polar surface area (TPSA) is 38.7 Å². The fourth-order valence-corrected chi connectivity index (χ4v) is 4.65. The molecule has 3 aliphatic rings. The predicted octanol–water partition coefficient (Wildman–Crippen LogP) is 3.13. The summed E-state index contributed by atoms with van der Waals surface area (Å²) in [5.74, 6) is 0. The molecule has 0 amide bonds. The quantitative estimate of drug-likeness (QED) is 0.751. The van der Waals surface area contributed by atoms with Gasteiger partial charge in [0.1, 0.15) is 11.7 Å². The molecule has 0 saturated carbocycles. The number of aliphatic hydroxyl groups is 1. The molecule has 106 valence electrons. The van der Waals surface area contributed by atoms with Gasteiger partial charge in [-0.25, -0.2) is 0 Å². The van der Waals surface area contributed by atoms with Crippen molar-refractivity contribution in [3.8, 4) is 0 Å². The molecule has 0 aromatic rings. The van der Waals surface area contributed by atoms with Crippen LogP contribution in [0, 0.1) is 10.8 Å². The fourth-order valence-electron chi connectivity index (χ4n) is 4.05. The second kappa shape index (κ2) is 3.73. The van der Waals surface area contributed by atoms with E-state index in [1.165, 1.54) is 0 Å². The van der Waals surface area contributed by atoms with E-state index in [-0.39, 0.29) is 23.2 Å². The summed E-state index contributed by atoms with van der Waals surface area (Å²) in [6, 6.07) is 0. The van der Waals surface area contributed by atoms with Crippen molar-refractivity contribution in [3.63, 3.8) is 0 Å². The van der Waals surface area contributed by atoms with Gasteiger partial charge in [0.25, 0.3) is 0 Å². The summed E-state index contributed by atoms with van der Waals surface area (Å²) in [5, 5.41) is 10.4. The van der Waals surface area contributed by atoms with Crippen LogP contribution in [0.25, 0.3) is 0 Å². The summed E-state index contributed by atoms with van der Waals surface area (Å²) in [6.45, 7) is 12.4. The highest BCUT2D eigenvalue weighted by atomic mass is 79.9. The molecule has 5 unspecified atom stereocenters. The number of hydrogen-bond acceptors (Lipinski definition) is 3. The first kappa shape index (κ1) is 13.8. The summed E-state index contributed by atoms with van der Waals surface area (Å²) in [5.41, 5.74) is 0.0959. The van der Waals surface area contributed by atoms with Crippen LogP contribution < -0.4 is 0 Å². The van der Waals surface area contributed by atoms with Gasteiger partial charge in [0, 0.05) is 9.90 Å². The molecule has 4 heteroatoms. The summed E-state index contributed by atoms with van der Waals surface area (Å²) < 4.78 is 13.0. The molecule has 3 rings (SSSR count). The van der Waals surface area contributed by atoms with Crippen LogP contribution in [-0.2, 0) is 9.47 Å². The van der Waals surface area contributed by atoms with Gasteiger partial charge in [0.05, 0.1) is 11.5 Å². The van der Waals surface area contributed by atoms with Crippen molar-refractivity contribution < 1.29 is 14.6 Å². The molecule has 2 aliphatic heterocycles. The van der Waals surface area contributed by atoms with Crippen LogP contribution in [0.3, 0.4) is 0 Å². The lowest BCUT2D eigenvalue weighted by molar-refractivity contribution is -0.409. The number of aliphatic hydroxyl groups excluding tert-OH is 1. The Labute approximate surface area is 122 Å². The zero-order valence-electron chi connectivity index (χ0n) is 11.9. The highest BCUT2D eigenvalue weighted by Gasteiger charge is 2.78. The average Bonchev–Trinajstić information content (AvgIpc) is 2.61. The molecule has 0 radical (unpaired) electrons. The minimum atomic E-state index is -0.612. The first-order valence-electron chi connectivity index (χ1n) is 6.71. The van der Waals surface area contributed by atoms with Gasteiger partial charge in [0.2, 0.25) is 0 Å². The van der Waals surface area contributed by atoms with E-state index in [1.807, 2.05) is 19.9 Å². The monoisotopic (exact) mass is 328 g/mol. The zero-order valence-corrected chi connectivity index (χ0v) is 13.5. The van der Waals surface area contributed by atoms with E-state index in [4.69, 9.17) is 9.47 Å². The SMILES string of the molecule is C=C(C)C1CC23C(O1)OC2(C)C(O)C=C(Br)C3(C)C. The third-order valence-electron chi connectivity index (χ3n) is 5.57. The molecule has 5 atom stereocenters. The lowest BCUT2D eigenvalue weighted by Crippen LogP contribution is -2.76. The Bertz CT molecular complexity index is 484. The van der Waals surface area contributed by atoms with Gasteiger partial charge < -0.3 is 14.6 Å². The van der Waals surface area contributed by atoms with Gasteiger partial charge >= 0.3 is 0 Å². The van der Waals surface area contributed by atoms with Crippen LogP contribution >= 0.6 is 15.9 Å². The Morgan fingerprint density at radius 1 is 1.47 bits per heavy atom. The Hall–Kier alpha value is -0.160. The maximum atomic E-state index is 10.4. The molecule has 1 spiro atoms. The van der Waals surface area contributed by atoms with Crippen molar-refractivity contribution in [1.29, 1.82) is 0 Å². The molecule has 2 heterocycles. The molecule has 3 nitrogen and oxygen atoms in total. The Morgan fingerprint density at radius 3 is 2.68 bits per heavy atom. The van der Waals surface area contributed by atoms with Crippen LogP contribution in [-0.4, -0.2) is 29.2 Å². The minimum absolute atomic E-state index is 0.0108. The van der Waals surface area contributed by atoms with Crippen molar-refractivity contribution in [1.82, 2.24) is 0 Å². The third-order valence-corrected chi connectivity index (χ3v) is 6.82. The van der Waals surface area contributed by atoms with E-state index >= 15 is 0 Å². The molecule has 19 heavy (non-hydrogen) atoms. The normalized spacial score (nSPS) is 50.8. The lowest BCUT2D eigenvalue weighted by atomic mass is 9.48. The molecule has 1 aliphatic carbocycles. The standard InChI is InChI=1S/C15H21BrO3/c1-8(2)9-7-15-12(18-9)19-14(15,5)11(17)6-10(16)13(15,3)4/h6,9,11-12,17H,1,7H2,2-5H3. The van der Waals surface area contributed by atoms with Crippen molar-refractivity contribution in [3.05, 3.63) is 22.7 Å². The van der Waals surface area contributed by atoms with Gasteiger partial charge in [0.15, 0.2) is 6.29 Å². The van der Waals surface area contributed by atoms with Gasteiger partial charge in [-0.2, -0.15) is 0 Å². The third kappa shape index (κ3) is 1.34. The minimum Gasteiger partial charge on any atom is -0.386 e. The zero-order chi connectivity index (χ0) is 14.2. The second-order valence-corrected chi connectivity index (χ2v) is 7.64. The molecule has 2 saturated heterocycles. The van der Waals surface area contributed by atoms with Gasteiger partial charge in [-0.15, -0.1) is 0 Å². The Morgan fingerprint density at radius 2 is 2.11 bits per heavy atom. The largest absolute Gasteiger partial charge is 0.386 e. The summed E-state index contributed by atoms with van der Waals surface area (Å²) in [4.78, 5) is 0. The molecule has 0 bridgehead atoms. The van der Waals surface area contributed by atoms with Crippen LogP contribution in [0.2, 0.25) is 0 Å². The smallest absolute Gasteiger partial charge is 0.168 e. The van der Waals surface area contributed by atoms with Gasteiger partial charge in [-0.1, -0.05) is 41.9 Å². The van der Waals surface area contributed by atoms with Gasteiger partial charge in [-0.05, 0) is 26.3 Å². The van der Waals surface area contributed by atoms with Crippen molar-refractivity contribution in [2.75, 3.05) is 0 Å². The fraction of sp³-hybridized carbons (Fsp3) is 0.733. The average molecular weight is 329 g/mol. The summed E-state index contributed by atoms with van der Waals surface area (Å²) in [6.07, 6.45) is 1.84. The van der Waals surface area contributed by atoms with Crippen LogP contribution in [0.4, 0.5) is 0 Å². The van der Waals surface area contributed by atoms with Crippen molar-refractivity contribution >= 4 is 15.9 Å². The number of hydrogen-bond donors (Lipinski definition) is 1. The van der Waals surface area contributed by atoms with Crippen LogP contribution in [0.1, 0.15) is 34.1 Å². The van der Waals surface area contributed by atoms with Gasteiger partial charge in [-0.3, -0.25) is 0 Å². The second-order valence-electron chi connectivity index (χ2n) is 6.79. The number of allylic oxidation sites excluding steroid dienone is 1. The van der Waals surface area contributed by atoms with Crippen LogP contribution in [0.5, 0.6) is 0 Å². The lowest BCUT2D eigenvalue weighted by Gasteiger charge is -2.67. The Kier molecular flexibility index (Phi) is 2.71. The summed E-state index contributed by atoms with van der Waals surface area (Å²) in [7, 11) is 0. The number of ether oxygens (including phenoxy) is 2. The maximum absolute atomic E-state index is 10.4.